The summed E-state index contributed by atoms with van der Waals surface area (Å²) in [6, 6.07) is 7.37. The number of furan rings is 1. The van der Waals surface area contributed by atoms with Gasteiger partial charge in [-0.05, 0) is 18.6 Å². The normalized spacial score (nSPS) is 18.5. The first-order chi connectivity index (χ1) is 11.7. The number of carbonyl (C=O) groups excluding carboxylic acids is 1. The van der Waals surface area contributed by atoms with Gasteiger partial charge in [0.1, 0.15) is 29.8 Å². The third-order valence-electron chi connectivity index (χ3n) is 3.84. The number of benzene rings is 1. The van der Waals surface area contributed by atoms with Gasteiger partial charge in [0.05, 0.1) is 18.8 Å². The number of amides is 1. The molecule has 2 aromatic rings. The molecule has 2 heterocycles. The summed E-state index contributed by atoms with van der Waals surface area (Å²) < 4.78 is 21.4. The maximum Gasteiger partial charge on any atom is 0.414 e. The molecule has 1 amide bonds. The summed E-state index contributed by atoms with van der Waals surface area (Å²) in [4.78, 5) is 13.6. The zero-order valence-electron chi connectivity index (χ0n) is 13.5. The molecule has 0 saturated carbocycles. The molecule has 1 aliphatic heterocycles. The summed E-state index contributed by atoms with van der Waals surface area (Å²) in [7, 11) is 1.57. The molecule has 2 atom stereocenters. The van der Waals surface area contributed by atoms with Gasteiger partial charge in [0.2, 0.25) is 0 Å². The number of fused-ring (bicyclic) bond motifs is 1. The SMILES string of the molecule is CC[C@H](C#N)Oc1ccc2c(N3C[C@H](COC)OC3=O)coc2c1. The van der Waals surface area contributed by atoms with Crippen molar-refractivity contribution in [3.8, 4) is 11.8 Å². The molecule has 0 radical (unpaired) electrons. The van der Waals surface area contributed by atoms with Crippen LogP contribution in [0.25, 0.3) is 11.0 Å². The summed E-state index contributed by atoms with van der Waals surface area (Å²) in [6.07, 6.45) is 0.900. The maximum absolute atomic E-state index is 12.0. The molecule has 0 N–H and O–H groups in total. The first kappa shape index (κ1) is 16.1. The van der Waals surface area contributed by atoms with Crippen LogP contribution < -0.4 is 9.64 Å². The highest BCUT2D eigenvalue weighted by Crippen LogP contribution is 2.34. The fourth-order valence-electron chi connectivity index (χ4n) is 2.63. The maximum atomic E-state index is 12.0. The van der Waals surface area contributed by atoms with Crippen molar-refractivity contribution >= 4 is 22.7 Å². The van der Waals surface area contributed by atoms with Crippen molar-refractivity contribution in [1.29, 1.82) is 5.26 Å². The topological polar surface area (TPSA) is 84.9 Å². The highest BCUT2D eigenvalue weighted by molar-refractivity contribution is 6.01. The minimum absolute atomic E-state index is 0.295. The lowest BCUT2D eigenvalue weighted by Gasteiger charge is -2.12. The minimum atomic E-state index is -0.500. The molecule has 1 aromatic carbocycles. The van der Waals surface area contributed by atoms with Crippen molar-refractivity contribution in [1.82, 2.24) is 0 Å². The first-order valence-corrected chi connectivity index (χ1v) is 7.70. The Labute approximate surface area is 139 Å². The number of cyclic esters (lactones) is 1. The number of hydrogen-bond acceptors (Lipinski definition) is 6. The van der Waals surface area contributed by atoms with Gasteiger partial charge in [-0.25, -0.2) is 4.79 Å². The van der Waals surface area contributed by atoms with Gasteiger partial charge in [0, 0.05) is 18.6 Å². The van der Waals surface area contributed by atoms with Crippen LogP contribution in [0.5, 0.6) is 5.75 Å². The Hall–Kier alpha value is -2.72. The molecule has 0 aliphatic carbocycles. The Morgan fingerprint density at radius 3 is 3.04 bits per heavy atom. The van der Waals surface area contributed by atoms with Gasteiger partial charge in [-0.15, -0.1) is 0 Å². The number of methoxy groups -OCH3 is 1. The zero-order chi connectivity index (χ0) is 17.1. The third kappa shape index (κ3) is 3.01. The molecule has 24 heavy (non-hydrogen) atoms. The summed E-state index contributed by atoms with van der Waals surface area (Å²) in [6.45, 7) is 2.64. The molecule has 1 fully saturated rings. The van der Waals surface area contributed by atoms with Gasteiger partial charge in [-0.1, -0.05) is 6.92 Å². The van der Waals surface area contributed by atoms with Crippen LogP contribution in [0.3, 0.4) is 0 Å². The van der Waals surface area contributed by atoms with E-state index in [-0.39, 0.29) is 6.10 Å². The van der Waals surface area contributed by atoms with Crippen molar-refractivity contribution in [2.75, 3.05) is 25.2 Å². The van der Waals surface area contributed by atoms with Gasteiger partial charge in [-0.2, -0.15) is 5.26 Å². The van der Waals surface area contributed by atoms with E-state index in [0.29, 0.717) is 36.6 Å². The van der Waals surface area contributed by atoms with Gasteiger partial charge >= 0.3 is 6.09 Å². The second-order valence-electron chi connectivity index (χ2n) is 5.49. The first-order valence-electron chi connectivity index (χ1n) is 7.70. The molecular formula is C17H18N2O5. The standard InChI is InChI=1S/C17H18N2O5/c1-3-11(7-18)23-12-4-5-14-15(10-22-16(14)6-12)19-8-13(9-21-2)24-17(19)20/h4-6,10-11,13H,3,8-9H2,1-2H3/t11-,13-/m1/s1. The Morgan fingerprint density at radius 1 is 1.50 bits per heavy atom. The van der Waals surface area contributed by atoms with E-state index in [1.807, 2.05) is 13.0 Å². The van der Waals surface area contributed by atoms with Crippen LogP contribution in [0, 0.1) is 11.3 Å². The van der Waals surface area contributed by atoms with E-state index in [4.69, 9.17) is 23.9 Å². The zero-order valence-corrected chi connectivity index (χ0v) is 13.5. The van der Waals surface area contributed by atoms with Crippen molar-refractivity contribution < 1.29 is 23.4 Å². The number of ether oxygens (including phenoxy) is 3. The molecular weight excluding hydrogens is 312 g/mol. The molecule has 0 unspecified atom stereocenters. The van der Waals surface area contributed by atoms with Crippen molar-refractivity contribution in [2.45, 2.75) is 25.6 Å². The Balaban J connectivity index is 1.84. The van der Waals surface area contributed by atoms with Crippen LogP contribution in [-0.2, 0) is 9.47 Å². The van der Waals surface area contributed by atoms with Crippen LogP contribution in [0.4, 0.5) is 10.5 Å². The predicted octanol–water partition coefficient (Wildman–Crippen LogP) is 3.09. The van der Waals surface area contributed by atoms with E-state index >= 15 is 0 Å². The third-order valence-corrected chi connectivity index (χ3v) is 3.84. The van der Waals surface area contributed by atoms with Crippen molar-refractivity contribution in [3.05, 3.63) is 24.5 Å². The Morgan fingerprint density at radius 2 is 2.33 bits per heavy atom. The smallest absolute Gasteiger partial charge is 0.414 e. The number of anilines is 1. The number of rotatable bonds is 6. The lowest BCUT2D eigenvalue weighted by molar-refractivity contribution is 0.0718. The quantitative estimate of drug-likeness (QED) is 0.809. The molecule has 7 heteroatoms. The van der Waals surface area contributed by atoms with E-state index in [1.54, 1.807) is 19.2 Å². The molecule has 0 bridgehead atoms. The second kappa shape index (κ2) is 6.81. The van der Waals surface area contributed by atoms with Crippen LogP contribution in [0.1, 0.15) is 13.3 Å². The van der Waals surface area contributed by atoms with E-state index in [2.05, 4.69) is 6.07 Å². The number of carbonyl (C=O) groups is 1. The minimum Gasteiger partial charge on any atom is -0.475 e. The molecule has 126 valence electrons. The highest BCUT2D eigenvalue weighted by Gasteiger charge is 2.34. The van der Waals surface area contributed by atoms with Crippen LogP contribution in [0.15, 0.2) is 28.9 Å². The molecule has 0 spiro atoms. The predicted molar refractivity (Wildman–Crippen MR) is 86.0 cm³/mol. The number of hydrogen-bond donors (Lipinski definition) is 0. The Kier molecular flexibility index (Phi) is 4.58. The van der Waals surface area contributed by atoms with Crippen LogP contribution in [-0.4, -0.2) is 38.6 Å². The summed E-state index contributed by atoms with van der Waals surface area (Å²) >= 11 is 0. The van der Waals surface area contributed by atoms with E-state index in [9.17, 15) is 4.79 Å². The molecule has 1 saturated heterocycles. The average molecular weight is 330 g/mol. The lowest BCUT2D eigenvalue weighted by Crippen LogP contribution is -2.25. The second-order valence-corrected chi connectivity index (χ2v) is 5.49. The van der Waals surface area contributed by atoms with Crippen molar-refractivity contribution in [2.24, 2.45) is 0 Å². The van der Waals surface area contributed by atoms with Crippen LogP contribution in [0.2, 0.25) is 0 Å². The monoisotopic (exact) mass is 330 g/mol. The molecule has 1 aromatic heterocycles. The Bertz CT molecular complexity index is 779. The fraction of sp³-hybridized carbons (Fsp3) is 0.412. The highest BCUT2D eigenvalue weighted by atomic mass is 16.6. The lowest BCUT2D eigenvalue weighted by atomic mass is 10.2. The van der Waals surface area contributed by atoms with Crippen LogP contribution >= 0.6 is 0 Å². The van der Waals surface area contributed by atoms with E-state index in [1.165, 1.54) is 11.2 Å². The molecule has 3 rings (SSSR count). The molecule has 7 nitrogen and oxygen atoms in total. The largest absolute Gasteiger partial charge is 0.475 e. The summed E-state index contributed by atoms with van der Waals surface area (Å²) in [5.41, 5.74) is 1.23. The average Bonchev–Trinajstić information content (AvgIpc) is 3.15. The van der Waals surface area contributed by atoms with E-state index < -0.39 is 12.2 Å². The van der Waals surface area contributed by atoms with Crippen molar-refractivity contribution in [3.63, 3.8) is 0 Å². The number of nitrogens with zero attached hydrogens (tertiary/aromatic N) is 2. The van der Waals surface area contributed by atoms with Gasteiger partial charge in [-0.3, -0.25) is 4.90 Å². The number of nitriles is 1. The molecule has 1 aliphatic rings. The van der Waals surface area contributed by atoms with Gasteiger partial charge < -0.3 is 18.6 Å². The summed E-state index contributed by atoms with van der Waals surface area (Å²) in [5, 5.41) is 9.76. The van der Waals surface area contributed by atoms with Gasteiger partial charge in [0.25, 0.3) is 0 Å². The van der Waals surface area contributed by atoms with E-state index in [0.717, 1.165) is 5.39 Å². The van der Waals surface area contributed by atoms with Gasteiger partial charge in [0.15, 0.2) is 6.10 Å². The fourth-order valence-corrected chi connectivity index (χ4v) is 2.63. The summed E-state index contributed by atoms with van der Waals surface area (Å²) in [5.74, 6) is 0.554.